The second-order valence-corrected chi connectivity index (χ2v) is 6.49. The van der Waals surface area contributed by atoms with Crippen molar-refractivity contribution in [3.63, 3.8) is 0 Å². The third-order valence-corrected chi connectivity index (χ3v) is 5.11. The third kappa shape index (κ3) is 2.11. The summed E-state index contributed by atoms with van der Waals surface area (Å²) < 4.78 is 0. The Hall–Kier alpha value is -0.340. The summed E-state index contributed by atoms with van der Waals surface area (Å²) in [6.07, 6.45) is 4.26. The Bertz CT molecular complexity index is 347. The molecule has 0 bridgehead atoms. The molecule has 0 saturated heterocycles. The molecule has 1 nitrogen and oxygen atoms in total. The molecule has 1 aromatic rings. The smallest absolute Gasteiger partial charge is 0.0721 e. The van der Waals surface area contributed by atoms with E-state index in [1.165, 1.54) is 22.6 Å². The molecule has 2 heteroatoms. The number of rotatable bonds is 4. The van der Waals surface area contributed by atoms with E-state index in [4.69, 9.17) is 0 Å². The fourth-order valence-electron chi connectivity index (χ4n) is 1.99. The number of aliphatic hydroxyl groups is 1. The van der Waals surface area contributed by atoms with Gasteiger partial charge in [0.25, 0.3) is 0 Å². The summed E-state index contributed by atoms with van der Waals surface area (Å²) in [6.45, 7) is 6.36. The second-order valence-electron chi connectivity index (χ2n) is 5.23. The van der Waals surface area contributed by atoms with Crippen LogP contribution in [0.3, 0.4) is 0 Å². The number of aryl methyl sites for hydroxylation is 1. The molecule has 2 rings (SSSR count). The molecule has 1 N–H and O–H groups in total. The van der Waals surface area contributed by atoms with E-state index in [9.17, 15) is 5.11 Å². The highest BCUT2D eigenvalue weighted by atomic mass is 32.1. The minimum Gasteiger partial charge on any atom is -0.389 e. The lowest BCUT2D eigenvalue weighted by atomic mass is 9.84. The molecule has 84 valence electrons. The van der Waals surface area contributed by atoms with Crippen molar-refractivity contribution < 1.29 is 5.11 Å². The lowest BCUT2D eigenvalue weighted by Gasteiger charge is -2.30. The topological polar surface area (TPSA) is 20.2 Å². The van der Waals surface area contributed by atoms with Gasteiger partial charge in [0.2, 0.25) is 0 Å². The Morgan fingerprint density at radius 3 is 2.47 bits per heavy atom. The molecule has 0 aromatic carbocycles. The SMILES string of the molecule is CCc1ccc(CC(C)(O)C2(C)CC2)s1. The van der Waals surface area contributed by atoms with Crippen LogP contribution >= 0.6 is 11.3 Å². The maximum Gasteiger partial charge on any atom is 0.0721 e. The normalized spacial score (nSPS) is 22.4. The van der Waals surface area contributed by atoms with Gasteiger partial charge in [0.1, 0.15) is 0 Å². The van der Waals surface area contributed by atoms with Crippen molar-refractivity contribution in [1.82, 2.24) is 0 Å². The average Bonchev–Trinajstić information content (AvgIpc) is 2.78. The summed E-state index contributed by atoms with van der Waals surface area (Å²) >= 11 is 1.84. The van der Waals surface area contributed by atoms with Crippen LogP contribution in [0.15, 0.2) is 12.1 Å². The van der Waals surface area contributed by atoms with E-state index in [0.29, 0.717) is 0 Å². The zero-order valence-electron chi connectivity index (χ0n) is 9.84. The van der Waals surface area contributed by atoms with Crippen molar-refractivity contribution in [2.45, 2.75) is 52.1 Å². The summed E-state index contributed by atoms with van der Waals surface area (Å²) in [5.41, 5.74) is -0.355. The molecule has 1 unspecified atom stereocenters. The Kier molecular flexibility index (Phi) is 2.68. The van der Waals surface area contributed by atoms with Crippen LogP contribution in [-0.4, -0.2) is 10.7 Å². The number of hydrogen-bond acceptors (Lipinski definition) is 2. The average molecular weight is 224 g/mol. The van der Waals surface area contributed by atoms with Gasteiger partial charge in [-0.05, 0) is 43.7 Å². The standard InChI is InChI=1S/C13H20OS/c1-4-10-5-6-11(15-10)9-13(3,14)12(2)7-8-12/h5-6,14H,4,7-9H2,1-3H3. The van der Waals surface area contributed by atoms with E-state index in [0.717, 1.165) is 12.8 Å². The van der Waals surface area contributed by atoms with Gasteiger partial charge in [0, 0.05) is 16.2 Å². The van der Waals surface area contributed by atoms with Crippen LogP contribution in [0.5, 0.6) is 0 Å². The van der Waals surface area contributed by atoms with Gasteiger partial charge in [-0.15, -0.1) is 11.3 Å². The molecule has 1 saturated carbocycles. The zero-order chi connectivity index (χ0) is 11.1. The van der Waals surface area contributed by atoms with Crippen LogP contribution in [0.25, 0.3) is 0 Å². The quantitative estimate of drug-likeness (QED) is 0.831. The highest BCUT2D eigenvalue weighted by Crippen LogP contribution is 2.54. The molecule has 1 atom stereocenters. The number of hydrogen-bond donors (Lipinski definition) is 1. The van der Waals surface area contributed by atoms with Crippen molar-refractivity contribution in [1.29, 1.82) is 0 Å². The first kappa shape index (κ1) is 11.2. The van der Waals surface area contributed by atoms with Gasteiger partial charge in [-0.25, -0.2) is 0 Å². The van der Waals surface area contributed by atoms with Gasteiger partial charge in [0.05, 0.1) is 5.60 Å². The van der Waals surface area contributed by atoms with Crippen molar-refractivity contribution in [2.75, 3.05) is 0 Å². The summed E-state index contributed by atoms with van der Waals surface area (Å²) in [4.78, 5) is 2.74. The molecular formula is C13H20OS. The molecule has 0 radical (unpaired) electrons. The Labute approximate surface area is 96.1 Å². The molecule has 1 aliphatic carbocycles. The monoisotopic (exact) mass is 224 g/mol. The maximum absolute atomic E-state index is 10.5. The molecule has 1 heterocycles. The van der Waals surface area contributed by atoms with Crippen LogP contribution in [-0.2, 0) is 12.8 Å². The van der Waals surface area contributed by atoms with Gasteiger partial charge >= 0.3 is 0 Å². The van der Waals surface area contributed by atoms with E-state index in [1.54, 1.807) is 0 Å². The third-order valence-electron chi connectivity index (χ3n) is 3.88. The summed E-state index contributed by atoms with van der Waals surface area (Å²) in [5, 5.41) is 10.5. The van der Waals surface area contributed by atoms with E-state index in [1.807, 2.05) is 18.3 Å². The van der Waals surface area contributed by atoms with Crippen molar-refractivity contribution >= 4 is 11.3 Å². The van der Waals surface area contributed by atoms with Gasteiger partial charge in [-0.3, -0.25) is 0 Å². The molecule has 15 heavy (non-hydrogen) atoms. The van der Waals surface area contributed by atoms with Gasteiger partial charge in [-0.2, -0.15) is 0 Å². The summed E-state index contributed by atoms with van der Waals surface area (Å²) in [7, 11) is 0. The van der Waals surface area contributed by atoms with Crippen LogP contribution in [0, 0.1) is 5.41 Å². The predicted molar refractivity (Wildman–Crippen MR) is 65.4 cm³/mol. The lowest BCUT2D eigenvalue weighted by Crippen LogP contribution is -2.36. The Morgan fingerprint density at radius 2 is 2.00 bits per heavy atom. The van der Waals surface area contributed by atoms with Crippen molar-refractivity contribution in [3.05, 3.63) is 21.9 Å². The molecule has 1 aromatic heterocycles. The fraction of sp³-hybridized carbons (Fsp3) is 0.692. The van der Waals surface area contributed by atoms with Crippen LogP contribution in [0.4, 0.5) is 0 Å². The largest absolute Gasteiger partial charge is 0.389 e. The minimum atomic E-state index is -0.525. The van der Waals surface area contributed by atoms with Gasteiger partial charge in [-0.1, -0.05) is 13.8 Å². The first-order valence-electron chi connectivity index (χ1n) is 5.77. The lowest BCUT2D eigenvalue weighted by molar-refractivity contribution is -0.00632. The van der Waals surface area contributed by atoms with Crippen molar-refractivity contribution in [3.8, 4) is 0 Å². The van der Waals surface area contributed by atoms with E-state index < -0.39 is 5.60 Å². The van der Waals surface area contributed by atoms with Crippen LogP contribution in [0.1, 0.15) is 43.4 Å². The molecule has 0 amide bonds. The highest BCUT2D eigenvalue weighted by Gasteiger charge is 2.52. The van der Waals surface area contributed by atoms with Gasteiger partial charge < -0.3 is 5.11 Å². The summed E-state index contributed by atoms with van der Waals surface area (Å²) in [5.74, 6) is 0. The van der Waals surface area contributed by atoms with E-state index in [2.05, 4.69) is 26.0 Å². The Morgan fingerprint density at radius 1 is 1.40 bits per heavy atom. The van der Waals surface area contributed by atoms with Gasteiger partial charge in [0.15, 0.2) is 0 Å². The van der Waals surface area contributed by atoms with E-state index >= 15 is 0 Å². The first-order valence-corrected chi connectivity index (χ1v) is 6.58. The first-order chi connectivity index (χ1) is 6.97. The molecule has 1 fully saturated rings. The fourth-order valence-corrected chi connectivity index (χ4v) is 3.09. The van der Waals surface area contributed by atoms with Crippen LogP contribution < -0.4 is 0 Å². The molecule has 1 aliphatic rings. The predicted octanol–water partition coefficient (Wildman–Crippen LogP) is 3.40. The zero-order valence-corrected chi connectivity index (χ0v) is 10.7. The molecule has 0 spiro atoms. The second kappa shape index (κ2) is 3.60. The van der Waals surface area contributed by atoms with Crippen LogP contribution in [0.2, 0.25) is 0 Å². The van der Waals surface area contributed by atoms with Crippen molar-refractivity contribution in [2.24, 2.45) is 5.41 Å². The number of thiophene rings is 1. The molecule has 0 aliphatic heterocycles. The maximum atomic E-state index is 10.5. The summed E-state index contributed by atoms with van der Waals surface area (Å²) in [6, 6.07) is 4.36. The highest BCUT2D eigenvalue weighted by molar-refractivity contribution is 7.12. The van der Waals surface area contributed by atoms with E-state index in [-0.39, 0.29) is 5.41 Å². The molecular weight excluding hydrogens is 204 g/mol. The Balaban J connectivity index is 2.07. The minimum absolute atomic E-state index is 0.170.